The number of hydrogen-bond acceptors (Lipinski definition) is 3. The molecule has 0 rings (SSSR count). The van der Waals surface area contributed by atoms with Crippen molar-refractivity contribution in [2.45, 2.75) is 45.8 Å². The molecule has 0 unspecified atom stereocenters. The van der Waals surface area contributed by atoms with Crippen molar-refractivity contribution in [1.82, 2.24) is 0 Å². The van der Waals surface area contributed by atoms with E-state index in [4.69, 9.17) is 9.53 Å². The Balaban J connectivity index is 0. The highest BCUT2D eigenvalue weighted by molar-refractivity contribution is 6.72. The van der Waals surface area contributed by atoms with Gasteiger partial charge in [-0.15, -0.1) is 0 Å². The van der Waals surface area contributed by atoms with E-state index in [0.29, 0.717) is 5.57 Å². The van der Waals surface area contributed by atoms with Crippen molar-refractivity contribution in [3.8, 4) is 0 Å². The minimum absolute atomic E-state index is 0.229. The van der Waals surface area contributed by atoms with Gasteiger partial charge in [-0.25, -0.2) is 9.59 Å². The van der Waals surface area contributed by atoms with Crippen molar-refractivity contribution in [3.05, 3.63) is 24.8 Å². The lowest BCUT2D eigenvalue weighted by molar-refractivity contribution is -0.132. The maximum Gasteiger partial charge on any atom is 0.327 e. The van der Waals surface area contributed by atoms with Gasteiger partial charge in [0.1, 0.15) is 0 Å². The molecule has 0 radical (unpaired) electrons. The maximum absolute atomic E-state index is 11.2. The molecule has 0 heterocycles. The van der Waals surface area contributed by atoms with E-state index in [-0.39, 0.29) is 5.97 Å². The second kappa shape index (κ2) is 9.64. The van der Waals surface area contributed by atoms with E-state index in [1.54, 1.807) is 6.92 Å². The van der Waals surface area contributed by atoms with Gasteiger partial charge >= 0.3 is 11.9 Å². The van der Waals surface area contributed by atoms with Gasteiger partial charge in [0.05, 0.1) is 0 Å². The average molecular weight is 272 g/mol. The molecule has 1 N–H and O–H groups in total. The van der Waals surface area contributed by atoms with Gasteiger partial charge in [0.2, 0.25) is 8.32 Å². The summed E-state index contributed by atoms with van der Waals surface area (Å²) in [6.45, 7) is 14.5. The Kier molecular flexibility index (Phi) is 10.2. The molecule has 4 nitrogen and oxygen atoms in total. The first kappa shape index (κ1) is 19.0. The lowest BCUT2D eigenvalue weighted by Gasteiger charge is -2.22. The van der Waals surface area contributed by atoms with Crippen LogP contribution in [-0.4, -0.2) is 25.4 Å². The second-order valence-electron chi connectivity index (χ2n) is 4.58. The third kappa shape index (κ3) is 12.7. The molecule has 5 heteroatoms. The Hall–Kier alpha value is -1.36. The molecule has 0 aromatic rings. The van der Waals surface area contributed by atoms with Crippen LogP contribution in [0, 0.1) is 0 Å². The zero-order valence-corrected chi connectivity index (χ0v) is 12.8. The molecule has 0 aromatic heterocycles. The zero-order valence-electron chi connectivity index (χ0n) is 11.8. The molecule has 104 valence electrons. The molecular formula is C13H24O4Si. The zero-order chi connectivity index (χ0) is 14.8. The molecule has 0 aliphatic rings. The Morgan fingerprint density at radius 1 is 1.39 bits per heavy atom. The Morgan fingerprint density at radius 2 is 1.83 bits per heavy atom. The number of carbonyl (C=O) groups is 2. The first-order chi connectivity index (χ1) is 8.16. The van der Waals surface area contributed by atoms with Gasteiger partial charge in [-0.1, -0.05) is 32.9 Å². The lowest BCUT2D eigenvalue weighted by Crippen LogP contribution is -2.33. The van der Waals surface area contributed by atoms with Crippen molar-refractivity contribution >= 4 is 20.3 Å². The number of carboxylic acid groups (broad SMARTS) is 1. The van der Waals surface area contributed by atoms with Crippen molar-refractivity contribution in [2.75, 3.05) is 0 Å². The fourth-order valence-corrected chi connectivity index (χ4v) is 2.97. The summed E-state index contributed by atoms with van der Waals surface area (Å²) in [4.78, 5) is 20.5. The number of hydrogen-bond donors (Lipinski definition) is 1. The third-order valence-corrected chi connectivity index (χ3v) is 4.32. The van der Waals surface area contributed by atoms with Crippen molar-refractivity contribution < 1.29 is 19.1 Å². The number of carboxylic acids is 1. The third-order valence-electron chi connectivity index (χ3n) is 2.02. The molecule has 0 saturated carbocycles. The summed E-state index contributed by atoms with van der Waals surface area (Å²) >= 11 is 0. The van der Waals surface area contributed by atoms with Crippen LogP contribution in [0.3, 0.4) is 0 Å². The van der Waals surface area contributed by atoms with E-state index in [9.17, 15) is 9.59 Å². The summed E-state index contributed by atoms with van der Waals surface area (Å²) in [6, 6.07) is 1.04. The van der Waals surface area contributed by atoms with Gasteiger partial charge < -0.3 is 9.53 Å². The minimum atomic E-state index is -1.76. The van der Waals surface area contributed by atoms with Gasteiger partial charge in [-0.05, 0) is 26.1 Å². The summed E-state index contributed by atoms with van der Waals surface area (Å²) in [5.74, 6) is -1.21. The summed E-state index contributed by atoms with van der Waals surface area (Å²) in [5, 5.41) is 7.60. The average Bonchev–Trinajstić information content (AvgIpc) is 2.26. The van der Waals surface area contributed by atoms with Crippen LogP contribution in [0.4, 0.5) is 0 Å². The number of aliphatic carboxylic acids is 1. The minimum Gasteiger partial charge on any atom is -0.516 e. The quantitative estimate of drug-likeness (QED) is 0.595. The highest BCUT2D eigenvalue weighted by atomic mass is 28.4. The number of rotatable bonds is 6. The topological polar surface area (TPSA) is 63.6 Å². The van der Waals surface area contributed by atoms with Crippen LogP contribution in [0.15, 0.2) is 24.8 Å². The van der Waals surface area contributed by atoms with Crippen LogP contribution in [-0.2, 0) is 14.0 Å². The first-order valence-electron chi connectivity index (χ1n) is 5.90. The molecule has 0 saturated heterocycles. The molecule has 0 aromatic carbocycles. The van der Waals surface area contributed by atoms with E-state index >= 15 is 0 Å². The molecule has 0 aliphatic heterocycles. The van der Waals surface area contributed by atoms with Crippen molar-refractivity contribution in [2.24, 2.45) is 0 Å². The van der Waals surface area contributed by atoms with E-state index in [2.05, 4.69) is 33.2 Å². The standard InChI is InChI=1S/C10H20O2Si.C3H4O2/c1-6-7-8-13(4,5)12-10(11)9(2)3;1-2-3(4)5/h2,6-8H2,1,3-5H3;2H,1H2,(H,4,5). The molecule has 0 atom stereocenters. The van der Waals surface area contributed by atoms with Gasteiger partial charge in [0, 0.05) is 11.6 Å². The van der Waals surface area contributed by atoms with Crippen LogP contribution < -0.4 is 0 Å². The SMILES string of the molecule is C=C(C)C(=O)O[Si](C)(C)CCCC.C=CC(=O)O. The molecule has 0 fully saturated rings. The van der Waals surface area contributed by atoms with Gasteiger partial charge in [0.25, 0.3) is 0 Å². The smallest absolute Gasteiger partial charge is 0.327 e. The summed E-state index contributed by atoms with van der Waals surface area (Å²) in [6.07, 6.45) is 3.13. The van der Waals surface area contributed by atoms with E-state index in [1.807, 2.05) is 0 Å². The van der Waals surface area contributed by atoms with Gasteiger partial charge in [0.15, 0.2) is 0 Å². The Labute approximate surface area is 110 Å². The monoisotopic (exact) mass is 272 g/mol. The van der Waals surface area contributed by atoms with Crippen molar-refractivity contribution in [3.63, 3.8) is 0 Å². The molecule has 0 amide bonds. The predicted octanol–water partition coefficient (Wildman–Crippen LogP) is 3.37. The highest BCUT2D eigenvalue weighted by Gasteiger charge is 2.26. The number of unbranched alkanes of at least 4 members (excludes halogenated alkanes) is 1. The predicted molar refractivity (Wildman–Crippen MR) is 75.9 cm³/mol. The Morgan fingerprint density at radius 3 is 2.11 bits per heavy atom. The van der Waals surface area contributed by atoms with E-state index in [1.165, 1.54) is 0 Å². The fourth-order valence-electron chi connectivity index (χ4n) is 0.992. The molecular weight excluding hydrogens is 248 g/mol. The molecule has 0 bridgehead atoms. The second-order valence-corrected chi connectivity index (χ2v) is 8.80. The normalized spacial score (nSPS) is 9.78. The molecule has 0 aliphatic carbocycles. The van der Waals surface area contributed by atoms with Crippen LogP contribution >= 0.6 is 0 Å². The summed E-state index contributed by atoms with van der Waals surface area (Å²) in [5.41, 5.74) is 0.497. The summed E-state index contributed by atoms with van der Waals surface area (Å²) < 4.78 is 5.40. The first-order valence-corrected chi connectivity index (χ1v) is 9.02. The summed E-state index contributed by atoms with van der Waals surface area (Å²) in [7, 11) is -1.76. The largest absolute Gasteiger partial charge is 0.516 e. The van der Waals surface area contributed by atoms with Crippen LogP contribution in [0.1, 0.15) is 26.7 Å². The lowest BCUT2D eigenvalue weighted by atomic mass is 10.4. The van der Waals surface area contributed by atoms with E-state index in [0.717, 1.165) is 25.0 Å². The van der Waals surface area contributed by atoms with Crippen LogP contribution in [0.25, 0.3) is 0 Å². The molecule has 18 heavy (non-hydrogen) atoms. The van der Waals surface area contributed by atoms with E-state index < -0.39 is 14.3 Å². The molecule has 0 spiro atoms. The van der Waals surface area contributed by atoms with Crippen molar-refractivity contribution in [1.29, 1.82) is 0 Å². The number of carbonyl (C=O) groups excluding carboxylic acids is 1. The maximum atomic E-state index is 11.2. The van der Waals surface area contributed by atoms with Gasteiger partial charge in [-0.2, -0.15) is 0 Å². The van der Waals surface area contributed by atoms with Crippen LogP contribution in [0.5, 0.6) is 0 Å². The fraction of sp³-hybridized carbons (Fsp3) is 0.538. The van der Waals surface area contributed by atoms with Crippen LogP contribution in [0.2, 0.25) is 19.1 Å². The Bertz CT molecular complexity index is 308. The highest BCUT2D eigenvalue weighted by Crippen LogP contribution is 2.16. The van der Waals surface area contributed by atoms with Gasteiger partial charge in [-0.3, -0.25) is 0 Å².